The number of carbonyl (C=O) groups excluding carboxylic acids is 1. The van der Waals surface area contributed by atoms with Gasteiger partial charge in [-0.3, -0.25) is 14.7 Å². The maximum atomic E-state index is 12.5. The molecule has 2 aliphatic heterocycles. The van der Waals surface area contributed by atoms with Crippen molar-refractivity contribution in [2.45, 2.75) is 32.7 Å². The molecule has 0 saturated carbocycles. The van der Waals surface area contributed by atoms with Gasteiger partial charge in [0.25, 0.3) is 0 Å². The minimum atomic E-state index is -0.0156. The molecule has 0 aromatic rings. The average Bonchev–Trinajstić information content (AvgIpc) is 3.15. The molecule has 2 heterocycles. The lowest BCUT2D eigenvalue weighted by molar-refractivity contribution is -0.135. The fourth-order valence-electron chi connectivity index (χ4n) is 3.39. The Balaban J connectivity index is 0.00000312. The van der Waals surface area contributed by atoms with Gasteiger partial charge in [-0.1, -0.05) is 0 Å². The Morgan fingerprint density at radius 1 is 1.12 bits per heavy atom. The number of carbonyl (C=O) groups is 1. The van der Waals surface area contributed by atoms with Crippen LogP contribution < -0.4 is 5.32 Å². The molecular formula is C17H34IN5O2. The number of rotatable bonds is 6. The van der Waals surface area contributed by atoms with Gasteiger partial charge in [-0.2, -0.15) is 0 Å². The lowest BCUT2D eigenvalue weighted by Crippen LogP contribution is -2.57. The lowest BCUT2D eigenvalue weighted by atomic mass is 10.2. The molecule has 0 spiro atoms. The first-order chi connectivity index (χ1) is 11.7. The maximum absolute atomic E-state index is 12.5. The van der Waals surface area contributed by atoms with Crippen molar-refractivity contribution < 1.29 is 9.53 Å². The van der Waals surface area contributed by atoms with Crippen LogP contribution in [0.15, 0.2) is 4.99 Å². The largest absolute Gasteiger partial charge is 0.380 e. The van der Waals surface area contributed by atoms with E-state index in [-0.39, 0.29) is 30.0 Å². The first kappa shape index (κ1) is 22.4. The summed E-state index contributed by atoms with van der Waals surface area (Å²) in [6.45, 7) is 11.7. The molecule has 0 radical (unpaired) electrons. The summed E-state index contributed by atoms with van der Waals surface area (Å²) >= 11 is 0. The first-order valence-electron chi connectivity index (χ1n) is 9.23. The van der Waals surface area contributed by atoms with Crippen molar-refractivity contribution in [3.05, 3.63) is 0 Å². The monoisotopic (exact) mass is 467 g/mol. The number of hydrogen-bond donors (Lipinski definition) is 1. The number of likely N-dealkylation sites (tertiary alicyclic amines) is 1. The van der Waals surface area contributed by atoms with Crippen LogP contribution in [0.4, 0.5) is 0 Å². The van der Waals surface area contributed by atoms with Crippen LogP contribution in [0.1, 0.15) is 26.7 Å². The van der Waals surface area contributed by atoms with Crippen molar-refractivity contribution in [1.29, 1.82) is 0 Å². The van der Waals surface area contributed by atoms with Gasteiger partial charge in [-0.05, 0) is 26.7 Å². The summed E-state index contributed by atoms with van der Waals surface area (Å²) in [6, 6.07) is -0.0156. The lowest BCUT2D eigenvalue weighted by Gasteiger charge is -2.39. The third kappa shape index (κ3) is 6.56. The zero-order chi connectivity index (χ0) is 17.4. The molecule has 1 unspecified atom stereocenters. The van der Waals surface area contributed by atoms with E-state index in [9.17, 15) is 4.79 Å². The fourth-order valence-corrected chi connectivity index (χ4v) is 3.39. The molecule has 2 aliphatic rings. The van der Waals surface area contributed by atoms with E-state index < -0.39 is 0 Å². The van der Waals surface area contributed by atoms with Gasteiger partial charge in [0.05, 0.1) is 12.6 Å². The Morgan fingerprint density at radius 3 is 2.32 bits per heavy atom. The number of guanidine groups is 1. The molecule has 2 fully saturated rings. The highest BCUT2D eigenvalue weighted by molar-refractivity contribution is 14.0. The van der Waals surface area contributed by atoms with Crippen molar-refractivity contribution in [3.8, 4) is 0 Å². The van der Waals surface area contributed by atoms with Crippen LogP contribution in [-0.2, 0) is 9.53 Å². The predicted molar refractivity (Wildman–Crippen MR) is 112 cm³/mol. The minimum absolute atomic E-state index is 0. The first-order valence-corrected chi connectivity index (χ1v) is 9.23. The molecule has 0 aromatic carbocycles. The summed E-state index contributed by atoms with van der Waals surface area (Å²) in [4.78, 5) is 23.5. The molecule has 146 valence electrons. The smallest absolute Gasteiger partial charge is 0.239 e. The van der Waals surface area contributed by atoms with Crippen molar-refractivity contribution in [2.24, 2.45) is 4.99 Å². The molecule has 0 bridgehead atoms. The third-order valence-corrected chi connectivity index (χ3v) is 4.88. The van der Waals surface area contributed by atoms with Gasteiger partial charge in [0.15, 0.2) is 5.96 Å². The molecule has 2 rings (SSSR count). The van der Waals surface area contributed by atoms with E-state index in [2.05, 4.69) is 20.1 Å². The number of hydrogen-bond acceptors (Lipinski definition) is 4. The van der Waals surface area contributed by atoms with Crippen LogP contribution in [-0.4, -0.2) is 98.7 Å². The van der Waals surface area contributed by atoms with E-state index in [1.165, 1.54) is 0 Å². The molecular weight excluding hydrogens is 433 g/mol. The highest BCUT2D eigenvalue weighted by Crippen LogP contribution is 2.14. The second kappa shape index (κ2) is 11.9. The van der Waals surface area contributed by atoms with E-state index in [1.807, 2.05) is 25.8 Å². The Hall–Kier alpha value is -0.610. The Labute approximate surface area is 169 Å². The quantitative estimate of drug-likeness (QED) is 0.272. The van der Waals surface area contributed by atoms with Gasteiger partial charge >= 0.3 is 0 Å². The number of amides is 1. The average molecular weight is 467 g/mol. The number of halogens is 1. The van der Waals surface area contributed by atoms with E-state index in [0.717, 1.165) is 71.2 Å². The Bertz CT molecular complexity index is 421. The number of nitrogens with one attached hydrogen (secondary N) is 1. The molecule has 2 saturated heterocycles. The number of nitrogens with zero attached hydrogens (tertiary/aromatic N) is 4. The van der Waals surface area contributed by atoms with Gasteiger partial charge in [-0.15, -0.1) is 24.0 Å². The van der Waals surface area contributed by atoms with Gasteiger partial charge in [0, 0.05) is 59.5 Å². The summed E-state index contributed by atoms with van der Waals surface area (Å²) in [7, 11) is 1.81. The Kier molecular flexibility index (Phi) is 10.7. The Morgan fingerprint density at radius 2 is 1.76 bits per heavy atom. The van der Waals surface area contributed by atoms with E-state index >= 15 is 0 Å². The highest BCUT2D eigenvalue weighted by atomic mass is 127. The second-order valence-electron chi connectivity index (χ2n) is 6.40. The molecule has 0 aliphatic carbocycles. The summed E-state index contributed by atoms with van der Waals surface area (Å²) in [5.41, 5.74) is 0. The van der Waals surface area contributed by atoms with Gasteiger partial charge in [-0.25, -0.2) is 0 Å². The van der Waals surface area contributed by atoms with Crippen molar-refractivity contribution in [1.82, 2.24) is 20.0 Å². The molecule has 1 amide bonds. The topological polar surface area (TPSA) is 60.4 Å². The highest BCUT2D eigenvalue weighted by Gasteiger charge is 2.30. The van der Waals surface area contributed by atoms with Gasteiger partial charge < -0.3 is 19.9 Å². The van der Waals surface area contributed by atoms with Crippen molar-refractivity contribution >= 4 is 35.8 Å². The van der Waals surface area contributed by atoms with E-state index in [0.29, 0.717) is 12.5 Å². The van der Waals surface area contributed by atoms with E-state index in [4.69, 9.17) is 4.74 Å². The maximum Gasteiger partial charge on any atom is 0.239 e. The standard InChI is InChI=1S/C17H33N5O2.HI/c1-4-24-14-7-19-17(18-3)22-12-10-20(11-13-22)15(2)16(23)21-8-5-6-9-21;/h15H,4-14H2,1-3H3,(H,18,19);1H. The van der Waals surface area contributed by atoms with Crippen molar-refractivity contribution in [2.75, 3.05) is 66.1 Å². The van der Waals surface area contributed by atoms with Crippen LogP contribution >= 0.6 is 24.0 Å². The molecule has 8 heteroatoms. The minimum Gasteiger partial charge on any atom is -0.380 e. The summed E-state index contributed by atoms with van der Waals surface area (Å²) in [5.74, 6) is 1.22. The van der Waals surface area contributed by atoms with Crippen molar-refractivity contribution in [3.63, 3.8) is 0 Å². The van der Waals surface area contributed by atoms with Crippen LogP contribution in [0.2, 0.25) is 0 Å². The van der Waals surface area contributed by atoms with Gasteiger partial charge in [0.1, 0.15) is 0 Å². The predicted octanol–water partition coefficient (Wildman–Crippen LogP) is 0.845. The van der Waals surface area contributed by atoms with Gasteiger partial charge in [0.2, 0.25) is 5.91 Å². The summed E-state index contributed by atoms with van der Waals surface area (Å²) < 4.78 is 5.35. The third-order valence-electron chi connectivity index (χ3n) is 4.88. The molecule has 1 N–H and O–H groups in total. The number of piperazine rings is 1. The SMILES string of the molecule is CCOCCNC(=NC)N1CCN(C(C)C(=O)N2CCCC2)CC1.I. The molecule has 7 nitrogen and oxygen atoms in total. The molecule has 0 aromatic heterocycles. The van der Waals surface area contributed by atoms with Crippen LogP contribution in [0.5, 0.6) is 0 Å². The zero-order valence-corrected chi connectivity index (χ0v) is 18.2. The zero-order valence-electron chi connectivity index (χ0n) is 15.9. The summed E-state index contributed by atoms with van der Waals surface area (Å²) in [5, 5.41) is 3.34. The number of ether oxygens (including phenoxy) is 1. The fraction of sp³-hybridized carbons (Fsp3) is 0.882. The van der Waals surface area contributed by atoms with Crippen LogP contribution in [0.25, 0.3) is 0 Å². The second-order valence-corrected chi connectivity index (χ2v) is 6.40. The summed E-state index contributed by atoms with van der Waals surface area (Å²) in [6.07, 6.45) is 2.30. The van der Waals surface area contributed by atoms with Crippen LogP contribution in [0, 0.1) is 0 Å². The number of aliphatic imine (C=N–C) groups is 1. The van der Waals surface area contributed by atoms with E-state index in [1.54, 1.807) is 0 Å². The van der Waals surface area contributed by atoms with Crippen LogP contribution in [0.3, 0.4) is 0 Å². The molecule has 1 atom stereocenters. The normalized spacial score (nSPS) is 20.4. The molecule has 25 heavy (non-hydrogen) atoms.